The molecule has 7 heteroatoms. The molecular formula is C11H13F3N2O2. The van der Waals surface area contributed by atoms with E-state index in [0.717, 1.165) is 0 Å². The molecule has 1 aromatic carbocycles. The average Bonchev–Trinajstić information content (AvgIpc) is 2.28. The lowest BCUT2D eigenvalue weighted by Gasteiger charge is -2.26. The zero-order valence-corrected chi connectivity index (χ0v) is 9.84. The molecular weight excluding hydrogens is 249 g/mol. The Morgan fingerprint density at radius 3 is 2.17 bits per heavy atom. The molecule has 0 saturated carbocycles. The van der Waals surface area contributed by atoms with Crippen molar-refractivity contribution in [3.63, 3.8) is 0 Å². The molecule has 0 spiro atoms. The zero-order chi connectivity index (χ0) is 14.0. The van der Waals surface area contributed by atoms with E-state index in [9.17, 15) is 18.0 Å². The monoisotopic (exact) mass is 262 g/mol. The maximum absolute atomic E-state index is 12.5. The predicted octanol–water partition coefficient (Wildman–Crippen LogP) is 1.91. The predicted molar refractivity (Wildman–Crippen MR) is 60.3 cm³/mol. The van der Waals surface area contributed by atoms with Crippen LogP contribution in [0.5, 0.6) is 5.75 Å². The van der Waals surface area contributed by atoms with Crippen LogP contribution in [0.2, 0.25) is 0 Å². The van der Waals surface area contributed by atoms with Crippen LogP contribution in [0.1, 0.15) is 6.92 Å². The first kappa shape index (κ1) is 14.3. The SMILES string of the molecule is COc1ccc(NC(=O)[C@@](C)(N)C(F)(F)F)cc1. The van der Waals surface area contributed by atoms with Gasteiger partial charge in [0.25, 0.3) is 5.91 Å². The number of hydrogen-bond acceptors (Lipinski definition) is 3. The highest BCUT2D eigenvalue weighted by molar-refractivity contribution is 5.98. The Labute approximate surface area is 102 Å². The van der Waals surface area contributed by atoms with Crippen molar-refractivity contribution in [1.29, 1.82) is 0 Å². The molecule has 0 aliphatic carbocycles. The van der Waals surface area contributed by atoms with Gasteiger partial charge in [0.15, 0.2) is 5.54 Å². The van der Waals surface area contributed by atoms with Crippen molar-refractivity contribution in [3.05, 3.63) is 24.3 Å². The summed E-state index contributed by atoms with van der Waals surface area (Å²) >= 11 is 0. The van der Waals surface area contributed by atoms with E-state index in [1.807, 2.05) is 0 Å². The smallest absolute Gasteiger partial charge is 0.415 e. The molecule has 3 N–H and O–H groups in total. The Morgan fingerprint density at radius 2 is 1.78 bits per heavy atom. The van der Waals surface area contributed by atoms with Crippen molar-refractivity contribution < 1.29 is 22.7 Å². The van der Waals surface area contributed by atoms with Crippen molar-refractivity contribution >= 4 is 11.6 Å². The second-order valence-electron chi connectivity index (χ2n) is 3.88. The summed E-state index contributed by atoms with van der Waals surface area (Å²) in [5.74, 6) is -0.792. The number of amides is 1. The van der Waals surface area contributed by atoms with Gasteiger partial charge in [-0.15, -0.1) is 0 Å². The fraction of sp³-hybridized carbons (Fsp3) is 0.364. The molecule has 1 amide bonds. The van der Waals surface area contributed by atoms with Gasteiger partial charge in [-0.25, -0.2) is 0 Å². The fourth-order valence-electron chi connectivity index (χ4n) is 1.06. The summed E-state index contributed by atoms with van der Waals surface area (Å²) in [6.07, 6.45) is -4.82. The number of carbonyl (C=O) groups excluding carboxylic acids is 1. The van der Waals surface area contributed by atoms with E-state index < -0.39 is 17.6 Å². The molecule has 0 saturated heterocycles. The van der Waals surface area contributed by atoms with Gasteiger partial charge < -0.3 is 15.8 Å². The second-order valence-corrected chi connectivity index (χ2v) is 3.88. The van der Waals surface area contributed by atoms with Crippen LogP contribution < -0.4 is 15.8 Å². The molecule has 0 aliphatic heterocycles. The second kappa shape index (κ2) is 4.85. The topological polar surface area (TPSA) is 64.3 Å². The standard InChI is InChI=1S/C11H13F3N2O2/c1-10(15,11(12,13)14)9(17)16-7-3-5-8(18-2)6-4-7/h3-6H,15H2,1-2H3,(H,16,17)/t10-/m1/s1. The van der Waals surface area contributed by atoms with Crippen LogP contribution in [-0.4, -0.2) is 24.7 Å². The molecule has 18 heavy (non-hydrogen) atoms. The van der Waals surface area contributed by atoms with Gasteiger partial charge in [-0.05, 0) is 31.2 Å². The molecule has 0 fully saturated rings. The maximum atomic E-state index is 12.5. The number of rotatable bonds is 3. The number of alkyl halides is 3. The number of halogens is 3. The molecule has 1 atom stereocenters. The summed E-state index contributed by atoms with van der Waals surface area (Å²) in [4.78, 5) is 11.4. The van der Waals surface area contributed by atoms with Crippen molar-refractivity contribution in [2.75, 3.05) is 12.4 Å². The van der Waals surface area contributed by atoms with Gasteiger partial charge in [0.1, 0.15) is 5.75 Å². The molecule has 0 unspecified atom stereocenters. The molecule has 1 rings (SSSR count). The summed E-state index contributed by atoms with van der Waals surface area (Å²) in [5.41, 5.74) is 2.25. The molecule has 4 nitrogen and oxygen atoms in total. The molecule has 0 heterocycles. The highest BCUT2D eigenvalue weighted by Gasteiger charge is 2.53. The van der Waals surface area contributed by atoms with E-state index in [4.69, 9.17) is 10.5 Å². The summed E-state index contributed by atoms with van der Waals surface area (Å²) in [6.45, 7) is 0.617. The number of methoxy groups -OCH3 is 1. The van der Waals surface area contributed by atoms with Crippen LogP contribution in [0.3, 0.4) is 0 Å². The number of carbonyl (C=O) groups is 1. The van der Waals surface area contributed by atoms with Crippen LogP contribution in [0.15, 0.2) is 24.3 Å². The van der Waals surface area contributed by atoms with Crippen LogP contribution >= 0.6 is 0 Å². The van der Waals surface area contributed by atoms with Crippen LogP contribution in [0, 0.1) is 0 Å². The van der Waals surface area contributed by atoms with Gasteiger partial charge in [-0.3, -0.25) is 4.79 Å². The normalized spacial score (nSPS) is 14.8. The third-order valence-corrected chi connectivity index (χ3v) is 2.41. The van der Waals surface area contributed by atoms with E-state index in [1.165, 1.54) is 31.4 Å². The van der Waals surface area contributed by atoms with E-state index in [1.54, 1.807) is 0 Å². The van der Waals surface area contributed by atoms with E-state index in [2.05, 4.69) is 5.32 Å². The highest BCUT2D eigenvalue weighted by Crippen LogP contribution is 2.29. The molecule has 0 aromatic heterocycles. The van der Waals surface area contributed by atoms with E-state index >= 15 is 0 Å². The third kappa shape index (κ3) is 2.92. The minimum absolute atomic E-state index is 0.210. The lowest BCUT2D eigenvalue weighted by Crippen LogP contribution is -2.59. The number of ether oxygens (including phenoxy) is 1. The Morgan fingerprint density at radius 1 is 1.28 bits per heavy atom. The lowest BCUT2D eigenvalue weighted by atomic mass is 10.0. The van der Waals surface area contributed by atoms with Crippen LogP contribution in [-0.2, 0) is 4.79 Å². The first-order valence-corrected chi connectivity index (χ1v) is 4.99. The lowest BCUT2D eigenvalue weighted by molar-refractivity contribution is -0.184. The van der Waals surface area contributed by atoms with E-state index in [0.29, 0.717) is 12.7 Å². The van der Waals surface area contributed by atoms with Crippen molar-refractivity contribution in [3.8, 4) is 5.75 Å². The van der Waals surface area contributed by atoms with Gasteiger partial charge in [0.05, 0.1) is 7.11 Å². The molecule has 0 bridgehead atoms. The van der Waals surface area contributed by atoms with Gasteiger partial charge in [0, 0.05) is 5.69 Å². The van der Waals surface area contributed by atoms with Gasteiger partial charge in [-0.1, -0.05) is 0 Å². The third-order valence-electron chi connectivity index (χ3n) is 2.41. The molecule has 0 aliphatic rings. The summed E-state index contributed by atoms with van der Waals surface area (Å²) in [6, 6.07) is 5.86. The fourth-order valence-corrected chi connectivity index (χ4v) is 1.06. The molecule has 0 radical (unpaired) electrons. The number of hydrogen-bond donors (Lipinski definition) is 2. The van der Waals surface area contributed by atoms with Gasteiger partial charge in [0.2, 0.25) is 0 Å². The van der Waals surface area contributed by atoms with Crippen molar-refractivity contribution in [2.45, 2.75) is 18.6 Å². The highest BCUT2D eigenvalue weighted by atomic mass is 19.4. The number of anilines is 1. The van der Waals surface area contributed by atoms with Crippen molar-refractivity contribution in [1.82, 2.24) is 0 Å². The number of nitrogens with one attached hydrogen (secondary N) is 1. The Bertz CT molecular complexity index is 427. The molecule has 100 valence electrons. The van der Waals surface area contributed by atoms with Crippen LogP contribution in [0.4, 0.5) is 18.9 Å². The quantitative estimate of drug-likeness (QED) is 0.874. The Hall–Kier alpha value is -1.76. The minimum Gasteiger partial charge on any atom is -0.497 e. The summed E-state index contributed by atoms with van der Waals surface area (Å²) in [5, 5.41) is 2.10. The Kier molecular flexibility index (Phi) is 3.85. The first-order chi connectivity index (χ1) is 8.18. The Balaban J connectivity index is 2.81. The number of nitrogens with two attached hydrogens (primary N) is 1. The number of benzene rings is 1. The van der Waals surface area contributed by atoms with Gasteiger partial charge in [-0.2, -0.15) is 13.2 Å². The summed E-state index contributed by atoms with van der Waals surface area (Å²) < 4.78 is 42.4. The molecule has 1 aromatic rings. The average molecular weight is 262 g/mol. The summed E-state index contributed by atoms with van der Waals surface area (Å²) in [7, 11) is 1.45. The van der Waals surface area contributed by atoms with E-state index in [-0.39, 0.29) is 5.69 Å². The maximum Gasteiger partial charge on any atom is 0.415 e. The van der Waals surface area contributed by atoms with Crippen LogP contribution in [0.25, 0.3) is 0 Å². The minimum atomic E-state index is -4.82. The first-order valence-electron chi connectivity index (χ1n) is 4.99. The van der Waals surface area contributed by atoms with Gasteiger partial charge >= 0.3 is 6.18 Å². The zero-order valence-electron chi connectivity index (χ0n) is 9.84. The van der Waals surface area contributed by atoms with Crippen molar-refractivity contribution in [2.24, 2.45) is 5.73 Å². The largest absolute Gasteiger partial charge is 0.497 e.